The van der Waals surface area contributed by atoms with Gasteiger partial charge < -0.3 is 10.6 Å². The van der Waals surface area contributed by atoms with Gasteiger partial charge in [-0.15, -0.1) is 12.4 Å². The van der Waals surface area contributed by atoms with Crippen molar-refractivity contribution in [1.82, 2.24) is 10.6 Å². The van der Waals surface area contributed by atoms with Crippen LogP contribution in [0.5, 0.6) is 0 Å². The van der Waals surface area contributed by atoms with E-state index < -0.39 is 5.41 Å². The minimum absolute atomic E-state index is 0. The molecule has 3 nitrogen and oxygen atoms in total. The van der Waals surface area contributed by atoms with E-state index >= 15 is 0 Å². The Morgan fingerprint density at radius 1 is 1.18 bits per heavy atom. The van der Waals surface area contributed by atoms with E-state index in [2.05, 4.69) is 17.6 Å². The predicted molar refractivity (Wildman–Crippen MR) is 95.4 cm³/mol. The van der Waals surface area contributed by atoms with Crippen LogP contribution in [0.1, 0.15) is 38.2 Å². The Kier molecular flexibility index (Phi) is 7.98. The first-order chi connectivity index (χ1) is 10.1. The van der Waals surface area contributed by atoms with Crippen LogP contribution in [-0.4, -0.2) is 25.5 Å². The van der Waals surface area contributed by atoms with Gasteiger partial charge in [0.25, 0.3) is 0 Å². The van der Waals surface area contributed by atoms with Crippen LogP contribution in [0.4, 0.5) is 0 Å². The Hall–Kier alpha value is -0.480. The number of hydrogen-bond donors (Lipinski definition) is 2. The summed E-state index contributed by atoms with van der Waals surface area (Å²) in [4.78, 5) is 12.6. The van der Waals surface area contributed by atoms with Crippen LogP contribution >= 0.6 is 35.6 Å². The minimum Gasteiger partial charge on any atom is -0.354 e. The summed E-state index contributed by atoms with van der Waals surface area (Å²) in [5.74, 6) is 0.102. The van der Waals surface area contributed by atoms with Crippen molar-refractivity contribution in [3.05, 3.63) is 33.8 Å². The molecular weight excluding hydrogens is 343 g/mol. The number of halogens is 3. The van der Waals surface area contributed by atoms with Gasteiger partial charge in [0.05, 0.1) is 15.5 Å². The number of amides is 1. The van der Waals surface area contributed by atoms with Crippen molar-refractivity contribution >= 4 is 41.5 Å². The number of rotatable bonds is 7. The molecule has 1 aromatic rings. The van der Waals surface area contributed by atoms with Crippen LogP contribution in [0.15, 0.2) is 18.2 Å². The second kappa shape index (κ2) is 8.97. The molecule has 0 radical (unpaired) electrons. The van der Waals surface area contributed by atoms with Crippen LogP contribution in [0.25, 0.3) is 0 Å². The van der Waals surface area contributed by atoms with Crippen molar-refractivity contribution in [3.8, 4) is 0 Å². The number of hydrogen-bond acceptors (Lipinski definition) is 2. The predicted octanol–water partition coefficient (Wildman–Crippen LogP) is 3.95. The van der Waals surface area contributed by atoms with Gasteiger partial charge in [-0.05, 0) is 43.5 Å². The van der Waals surface area contributed by atoms with E-state index in [1.54, 1.807) is 6.07 Å². The lowest BCUT2D eigenvalue weighted by Gasteiger charge is -2.41. The molecule has 1 fully saturated rings. The number of carbonyl (C=O) groups excluding carboxylic acids is 1. The Morgan fingerprint density at radius 2 is 1.91 bits per heavy atom. The normalized spacial score (nSPS) is 15.6. The summed E-state index contributed by atoms with van der Waals surface area (Å²) in [6.45, 7) is 4.56. The van der Waals surface area contributed by atoms with E-state index in [-0.39, 0.29) is 18.3 Å². The van der Waals surface area contributed by atoms with Gasteiger partial charge in [-0.1, -0.05) is 42.6 Å². The van der Waals surface area contributed by atoms with Gasteiger partial charge in [0.1, 0.15) is 0 Å². The van der Waals surface area contributed by atoms with Crippen molar-refractivity contribution in [2.45, 2.75) is 38.0 Å². The molecule has 0 saturated heterocycles. The zero-order chi connectivity index (χ0) is 15.3. The average molecular weight is 366 g/mol. The van der Waals surface area contributed by atoms with Gasteiger partial charge in [0.2, 0.25) is 5.91 Å². The summed E-state index contributed by atoms with van der Waals surface area (Å²) >= 11 is 12.1. The second-order valence-corrected chi connectivity index (χ2v) is 6.38. The molecule has 0 spiro atoms. The van der Waals surface area contributed by atoms with E-state index in [4.69, 9.17) is 23.2 Å². The molecule has 22 heavy (non-hydrogen) atoms. The zero-order valence-corrected chi connectivity index (χ0v) is 15.1. The van der Waals surface area contributed by atoms with Crippen LogP contribution in [0, 0.1) is 0 Å². The fraction of sp³-hybridized carbons (Fsp3) is 0.562. The van der Waals surface area contributed by atoms with Crippen molar-refractivity contribution in [3.63, 3.8) is 0 Å². The largest absolute Gasteiger partial charge is 0.354 e. The maximum absolute atomic E-state index is 12.6. The molecule has 0 aliphatic heterocycles. The molecule has 2 N–H and O–H groups in total. The third-order valence-electron chi connectivity index (χ3n) is 4.13. The molecule has 6 heteroatoms. The van der Waals surface area contributed by atoms with Crippen molar-refractivity contribution in [2.24, 2.45) is 0 Å². The number of carbonyl (C=O) groups is 1. The maximum Gasteiger partial charge on any atom is 0.230 e. The van der Waals surface area contributed by atoms with E-state index in [0.717, 1.165) is 44.3 Å². The molecule has 0 atom stereocenters. The first-order valence-corrected chi connectivity index (χ1v) is 8.30. The van der Waals surface area contributed by atoms with Crippen molar-refractivity contribution < 1.29 is 4.79 Å². The first kappa shape index (κ1) is 19.6. The molecule has 124 valence electrons. The van der Waals surface area contributed by atoms with Gasteiger partial charge in [-0.25, -0.2) is 0 Å². The highest BCUT2D eigenvalue weighted by Gasteiger charge is 2.45. The van der Waals surface area contributed by atoms with E-state index in [9.17, 15) is 4.79 Å². The highest BCUT2D eigenvalue weighted by atomic mass is 35.5. The third kappa shape index (κ3) is 4.29. The van der Waals surface area contributed by atoms with Crippen LogP contribution < -0.4 is 10.6 Å². The lowest BCUT2D eigenvalue weighted by molar-refractivity contribution is -0.129. The van der Waals surface area contributed by atoms with Crippen LogP contribution in [0.2, 0.25) is 10.0 Å². The molecule has 1 amide bonds. The molecule has 1 aliphatic rings. The summed E-state index contributed by atoms with van der Waals surface area (Å²) in [6, 6.07) is 5.52. The van der Waals surface area contributed by atoms with E-state index in [0.29, 0.717) is 16.6 Å². The quantitative estimate of drug-likeness (QED) is 0.718. The van der Waals surface area contributed by atoms with Gasteiger partial charge in [0, 0.05) is 13.1 Å². The number of benzene rings is 1. The lowest BCUT2D eigenvalue weighted by Crippen LogP contribution is -2.50. The van der Waals surface area contributed by atoms with Gasteiger partial charge >= 0.3 is 0 Å². The summed E-state index contributed by atoms with van der Waals surface area (Å²) in [5, 5.41) is 7.36. The molecular formula is C16H23Cl3N2O. The molecule has 1 aromatic carbocycles. The first-order valence-electron chi connectivity index (χ1n) is 7.54. The van der Waals surface area contributed by atoms with E-state index in [1.165, 1.54) is 0 Å². The summed E-state index contributed by atoms with van der Waals surface area (Å²) < 4.78 is 0. The molecule has 0 unspecified atom stereocenters. The SMILES string of the molecule is CCCNCCNC(=O)C1(c2ccc(Cl)c(Cl)c2)CCC1.Cl. The highest BCUT2D eigenvalue weighted by molar-refractivity contribution is 6.42. The second-order valence-electron chi connectivity index (χ2n) is 5.57. The van der Waals surface area contributed by atoms with Crippen LogP contribution in [-0.2, 0) is 10.2 Å². The third-order valence-corrected chi connectivity index (χ3v) is 4.87. The fourth-order valence-electron chi connectivity index (χ4n) is 2.71. The Bertz CT molecular complexity index is 504. The molecule has 1 aliphatic carbocycles. The number of nitrogens with one attached hydrogen (secondary N) is 2. The summed E-state index contributed by atoms with van der Waals surface area (Å²) in [7, 11) is 0. The summed E-state index contributed by atoms with van der Waals surface area (Å²) in [6.07, 6.45) is 3.92. The Labute approximate surface area is 148 Å². The Morgan fingerprint density at radius 3 is 2.45 bits per heavy atom. The highest BCUT2D eigenvalue weighted by Crippen LogP contribution is 2.45. The van der Waals surface area contributed by atoms with E-state index in [1.807, 2.05) is 12.1 Å². The maximum atomic E-state index is 12.6. The molecule has 0 bridgehead atoms. The Balaban J connectivity index is 0.00000242. The monoisotopic (exact) mass is 364 g/mol. The van der Waals surface area contributed by atoms with Crippen molar-refractivity contribution in [2.75, 3.05) is 19.6 Å². The molecule has 0 heterocycles. The van der Waals surface area contributed by atoms with Crippen LogP contribution in [0.3, 0.4) is 0 Å². The molecule has 1 saturated carbocycles. The fourth-order valence-corrected chi connectivity index (χ4v) is 3.00. The smallest absolute Gasteiger partial charge is 0.230 e. The zero-order valence-electron chi connectivity index (χ0n) is 12.8. The van der Waals surface area contributed by atoms with Gasteiger partial charge in [-0.2, -0.15) is 0 Å². The topological polar surface area (TPSA) is 41.1 Å². The average Bonchev–Trinajstić information content (AvgIpc) is 2.41. The lowest BCUT2D eigenvalue weighted by atomic mass is 9.64. The van der Waals surface area contributed by atoms with Crippen molar-refractivity contribution in [1.29, 1.82) is 0 Å². The molecule has 2 rings (SSSR count). The van der Waals surface area contributed by atoms with Gasteiger partial charge in [-0.3, -0.25) is 4.79 Å². The molecule has 0 aromatic heterocycles. The summed E-state index contributed by atoms with van der Waals surface area (Å²) in [5.41, 5.74) is 0.557. The minimum atomic E-state index is -0.418. The van der Waals surface area contributed by atoms with Gasteiger partial charge in [0.15, 0.2) is 0 Å². The standard InChI is InChI=1S/C16H22Cl2N2O.ClH/c1-2-8-19-9-10-20-15(21)16(6-3-7-16)12-4-5-13(17)14(18)11-12;/h4-5,11,19H,2-3,6-10H2,1H3,(H,20,21);1H.